The Morgan fingerprint density at radius 3 is 2.38 bits per heavy atom. The lowest BCUT2D eigenvalue weighted by atomic mass is 9.48. The summed E-state index contributed by atoms with van der Waals surface area (Å²) in [6.07, 6.45) is 6.76. The number of benzene rings is 1. The molecule has 178 valence electrons. The lowest BCUT2D eigenvalue weighted by Crippen LogP contribution is -2.53. The van der Waals surface area contributed by atoms with Gasteiger partial charge in [-0.2, -0.15) is 0 Å². The molecule has 4 bridgehead atoms. The van der Waals surface area contributed by atoms with E-state index in [1.807, 2.05) is 13.8 Å². The number of phenols is 2. The zero-order valence-electron chi connectivity index (χ0n) is 19.1. The monoisotopic (exact) mass is 449 g/mol. The third kappa shape index (κ3) is 4.95. The Kier molecular flexibility index (Phi) is 6.54. The number of aliphatic hydroxyl groups excluding tert-OH is 1. The van der Waals surface area contributed by atoms with Crippen molar-refractivity contribution in [3.8, 4) is 11.5 Å². The van der Waals surface area contributed by atoms with Crippen LogP contribution in [0, 0.1) is 29.0 Å². The fourth-order valence-corrected chi connectivity index (χ4v) is 6.57. The first-order valence-corrected chi connectivity index (χ1v) is 11.8. The lowest BCUT2D eigenvalue weighted by molar-refractivity contribution is -0.145. The molecule has 5 rings (SSSR count). The summed E-state index contributed by atoms with van der Waals surface area (Å²) in [7, 11) is 0. The van der Waals surface area contributed by atoms with Crippen LogP contribution < -0.4 is 5.32 Å². The molecule has 0 heterocycles. The molecule has 6 nitrogen and oxygen atoms in total. The summed E-state index contributed by atoms with van der Waals surface area (Å²) < 4.78 is 19.3. The third-order valence-electron chi connectivity index (χ3n) is 7.79. The highest BCUT2D eigenvalue weighted by atomic mass is 19.1. The van der Waals surface area contributed by atoms with Gasteiger partial charge in [0.25, 0.3) is 0 Å². The molecule has 7 heteroatoms. The van der Waals surface area contributed by atoms with Gasteiger partial charge >= 0.3 is 0 Å². The Morgan fingerprint density at radius 1 is 1.19 bits per heavy atom. The van der Waals surface area contributed by atoms with Crippen LogP contribution in [0.3, 0.4) is 0 Å². The van der Waals surface area contributed by atoms with E-state index in [1.165, 1.54) is 31.4 Å². The zero-order chi connectivity index (χ0) is 23.1. The number of hydrogen-bond donors (Lipinski definition) is 4. The maximum atomic E-state index is 13.9. The molecule has 0 aliphatic heterocycles. The van der Waals surface area contributed by atoms with Gasteiger partial charge < -0.3 is 25.4 Å². The van der Waals surface area contributed by atoms with Crippen molar-refractivity contribution in [1.29, 1.82) is 0 Å². The molecule has 0 spiro atoms. The van der Waals surface area contributed by atoms with Crippen LogP contribution in [0.1, 0.15) is 64.4 Å². The quantitative estimate of drug-likeness (QED) is 0.407. The van der Waals surface area contributed by atoms with Gasteiger partial charge in [0.2, 0.25) is 0 Å². The summed E-state index contributed by atoms with van der Waals surface area (Å²) in [5.74, 6) is 0.325. The molecule has 4 aliphatic rings. The number of β-amino-alcohol motifs (C(OH)–C–C–N with tert-alkyl or cyclic N) is 1. The summed E-state index contributed by atoms with van der Waals surface area (Å²) in [5, 5.41) is 32.3. The van der Waals surface area contributed by atoms with Crippen LogP contribution >= 0.6 is 0 Å². The molecule has 4 fully saturated rings. The van der Waals surface area contributed by atoms with Gasteiger partial charge in [0.05, 0.1) is 19.3 Å². The highest BCUT2D eigenvalue weighted by Gasteiger charge is 2.54. The van der Waals surface area contributed by atoms with E-state index in [4.69, 9.17) is 4.74 Å². The van der Waals surface area contributed by atoms with Crippen molar-refractivity contribution < 1.29 is 29.2 Å². The minimum absolute atomic E-state index is 0.0208. The van der Waals surface area contributed by atoms with Gasteiger partial charge in [-0.3, -0.25) is 4.79 Å². The number of rotatable bonds is 10. The van der Waals surface area contributed by atoms with Crippen LogP contribution in [0.5, 0.6) is 11.5 Å². The summed E-state index contributed by atoms with van der Waals surface area (Å²) in [5.41, 5.74) is -0.451. The fourth-order valence-electron chi connectivity index (χ4n) is 6.57. The fraction of sp³-hybridized carbons (Fsp3) is 0.720. The second kappa shape index (κ2) is 8.92. The minimum Gasteiger partial charge on any atom is -0.504 e. The van der Waals surface area contributed by atoms with E-state index < -0.39 is 29.0 Å². The van der Waals surface area contributed by atoms with Gasteiger partial charge in [0.15, 0.2) is 17.3 Å². The summed E-state index contributed by atoms with van der Waals surface area (Å²) in [6.45, 7) is 4.09. The topological polar surface area (TPSA) is 99.0 Å². The first-order chi connectivity index (χ1) is 15.1. The molecular formula is C25H36FNO5. The van der Waals surface area contributed by atoms with E-state index in [1.54, 1.807) is 0 Å². The van der Waals surface area contributed by atoms with Crippen molar-refractivity contribution in [2.24, 2.45) is 23.2 Å². The van der Waals surface area contributed by atoms with E-state index in [0.717, 1.165) is 37.0 Å². The van der Waals surface area contributed by atoms with E-state index >= 15 is 0 Å². The van der Waals surface area contributed by atoms with Gasteiger partial charge in [-0.05, 0) is 82.3 Å². The second-order valence-corrected chi connectivity index (χ2v) is 11.1. The number of carbonyl (C=O) groups excluding carboxylic acids is 1. The average Bonchev–Trinajstić information content (AvgIpc) is 2.71. The van der Waals surface area contributed by atoms with Crippen LogP contribution in [0.2, 0.25) is 0 Å². The number of ketones is 1. The highest BCUT2D eigenvalue weighted by Crippen LogP contribution is 2.60. The Bertz CT molecular complexity index is 820. The number of phenolic OH excluding ortho intramolecular Hbond substituents is 2. The second-order valence-electron chi connectivity index (χ2n) is 11.1. The van der Waals surface area contributed by atoms with Crippen molar-refractivity contribution >= 4 is 5.78 Å². The number of aromatic hydroxyl groups is 2. The Morgan fingerprint density at radius 2 is 1.78 bits per heavy atom. The Hall–Kier alpha value is -1.70. The van der Waals surface area contributed by atoms with Crippen molar-refractivity contribution in [3.05, 3.63) is 23.5 Å². The van der Waals surface area contributed by atoms with Gasteiger partial charge in [0.1, 0.15) is 5.78 Å². The number of hydrogen-bond acceptors (Lipinski definition) is 6. The molecule has 4 aliphatic carbocycles. The van der Waals surface area contributed by atoms with Crippen LogP contribution in [0.15, 0.2) is 12.1 Å². The molecule has 1 aromatic carbocycles. The lowest BCUT2D eigenvalue weighted by Gasteiger charge is -2.56. The molecule has 0 amide bonds. The predicted octanol–water partition coefficient (Wildman–Crippen LogP) is 3.66. The Labute approximate surface area is 189 Å². The molecule has 0 aromatic heterocycles. The van der Waals surface area contributed by atoms with Gasteiger partial charge in [-0.25, -0.2) is 4.39 Å². The summed E-state index contributed by atoms with van der Waals surface area (Å²) in [6, 6.07) is 2.52. The number of aliphatic hydroxyl groups is 1. The van der Waals surface area contributed by atoms with Crippen molar-refractivity contribution in [2.75, 3.05) is 13.2 Å². The number of carbonyl (C=O) groups is 1. The van der Waals surface area contributed by atoms with E-state index in [0.29, 0.717) is 12.2 Å². The molecule has 4 N–H and O–H groups in total. The SMILES string of the molecule is CC(C)(CC(=O)C12CC3CC(CC(C3)C1)C2)NCC(O)COCc1ccc(O)c(O)c1F. The largest absolute Gasteiger partial charge is 0.504 e. The smallest absolute Gasteiger partial charge is 0.194 e. The average molecular weight is 450 g/mol. The van der Waals surface area contributed by atoms with Crippen molar-refractivity contribution in [3.63, 3.8) is 0 Å². The number of ether oxygens (including phenoxy) is 1. The maximum Gasteiger partial charge on any atom is 0.194 e. The van der Waals surface area contributed by atoms with Crippen LogP contribution in [0.4, 0.5) is 4.39 Å². The van der Waals surface area contributed by atoms with Crippen LogP contribution in [-0.4, -0.2) is 45.9 Å². The van der Waals surface area contributed by atoms with E-state index in [9.17, 15) is 24.5 Å². The van der Waals surface area contributed by atoms with E-state index in [-0.39, 0.29) is 30.7 Å². The molecular weight excluding hydrogens is 413 g/mol. The highest BCUT2D eigenvalue weighted by molar-refractivity contribution is 5.86. The Balaban J connectivity index is 1.22. The molecule has 1 aromatic rings. The molecule has 1 unspecified atom stereocenters. The van der Waals surface area contributed by atoms with Crippen molar-refractivity contribution in [1.82, 2.24) is 5.32 Å². The van der Waals surface area contributed by atoms with Crippen LogP contribution in [-0.2, 0) is 16.1 Å². The van der Waals surface area contributed by atoms with Crippen molar-refractivity contribution in [2.45, 2.75) is 77.0 Å². The van der Waals surface area contributed by atoms with E-state index in [2.05, 4.69) is 5.32 Å². The third-order valence-corrected chi connectivity index (χ3v) is 7.79. The normalized spacial score (nSPS) is 29.9. The zero-order valence-corrected chi connectivity index (χ0v) is 19.1. The molecule has 0 saturated heterocycles. The standard InChI is InChI=1S/C25H36FNO5/c1-24(2,11-21(30)25-8-15-5-16(9-25)7-17(6-15)10-25)27-12-19(28)14-32-13-18-3-4-20(29)23(31)22(18)26/h3-4,15-17,19,27-29,31H,5-14H2,1-2H3. The summed E-state index contributed by atoms with van der Waals surface area (Å²) in [4.78, 5) is 13.4. The van der Waals surface area contributed by atoms with Crippen LogP contribution in [0.25, 0.3) is 0 Å². The number of halogens is 1. The molecule has 32 heavy (non-hydrogen) atoms. The molecule has 0 radical (unpaired) electrons. The first kappa shape index (κ1) is 23.5. The number of nitrogens with one attached hydrogen (secondary N) is 1. The number of Topliss-reactive ketones (excluding diaryl/α,β-unsaturated/α-hetero) is 1. The maximum absolute atomic E-state index is 13.9. The minimum atomic E-state index is -0.929. The molecule has 4 saturated carbocycles. The predicted molar refractivity (Wildman–Crippen MR) is 118 cm³/mol. The van der Waals surface area contributed by atoms with Gasteiger partial charge in [-0.1, -0.05) is 0 Å². The summed E-state index contributed by atoms with van der Waals surface area (Å²) >= 11 is 0. The first-order valence-electron chi connectivity index (χ1n) is 11.8. The van der Waals surface area contributed by atoms with Gasteiger partial charge in [-0.15, -0.1) is 0 Å². The van der Waals surface area contributed by atoms with Gasteiger partial charge in [0, 0.05) is 29.5 Å². The molecule has 1 atom stereocenters.